The lowest BCUT2D eigenvalue weighted by Gasteiger charge is -1.67. The van der Waals surface area contributed by atoms with Crippen LogP contribution in [-0.4, -0.2) is 0 Å². The fourth-order valence-electron chi connectivity index (χ4n) is 0. The second-order valence-corrected chi connectivity index (χ2v) is 0.854. The molecule has 0 aromatic rings. The van der Waals surface area contributed by atoms with Gasteiger partial charge in [-0.1, -0.05) is 26.7 Å². The summed E-state index contributed by atoms with van der Waals surface area (Å²) in [6.07, 6.45) is 2.28. The summed E-state index contributed by atoms with van der Waals surface area (Å²) in [5.41, 5.74) is 0. The monoisotopic (exact) mass is 93.0 g/mol. The van der Waals surface area contributed by atoms with Gasteiger partial charge in [-0.15, -0.1) is 12.4 Å². The van der Waals surface area contributed by atoms with Gasteiger partial charge >= 0.3 is 0 Å². The fraction of sp³-hybridized carbons (Fsp3) is 0.750. The highest BCUT2D eigenvalue weighted by Crippen LogP contribution is 1.75. The van der Waals surface area contributed by atoms with Crippen LogP contribution in [0.5, 0.6) is 0 Å². The van der Waals surface area contributed by atoms with Crippen molar-refractivity contribution in [3.8, 4) is 0 Å². The first kappa shape index (κ1) is 8.99. The first-order valence-corrected chi connectivity index (χ1v) is 1.71. The van der Waals surface area contributed by atoms with Crippen LogP contribution in [-0.2, 0) is 0 Å². The van der Waals surface area contributed by atoms with Crippen molar-refractivity contribution >= 4 is 12.4 Å². The largest absolute Gasteiger partial charge is 0.147 e. The van der Waals surface area contributed by atoms with E-state index in [1.54, 1.807) is 0 Å². The van der Waals surface area contributed by atoms with Gasteiger partial charge in [0, 0.05) is 0 Å². The number of hydrogen-bond donors (Lipinski definition) is 0. The van der Waals surface area contributed by atoms with E-state index < -0.39 is 0 Å². The average Bonchev–Trinajstić information content (AvgIpc) is 1.37. The Balaban J connectivity index is 0. The molecule has 1 radical (unpaired) electrons. The van der Waals surface area contributed by atoms with E-state index in [1.807, 2.05) is 0 Å². The van der Waals surface area contributed by atoms with Crippen LogP contribution in [0.4, 0.5) is 0 Å². The molecule has 0 atom stereocenters. The molecule has 0 nitrogen and oxygen atoms in total. The lowest BCUT2D eigenvalue weighted by atomic mass is 10.4. The van der Waals surface area contributed by atoms with Gasteiger partial charge in [0.15, 0.2) is 0 Å². The van der Waals surface area contributed by atoms with Crippen molar-refractivity contribution in [1.82, 2.24) is 0 Å². The standard InChI is InChI=1S/C4H9.ClH/c1-3-4-2;/h1,3-4H2,2H3;1H. The SMILES string of the molecule is Cl.[CH2]CCC. The molecule has 0 aromatic heterocycles. The first-order chi connectivity index (χ1) is 1.91. The quantitative estimate of drug-likeness (QED) is 0.466. The van der Waals surface area contributed by atoms with E-state index in [0.717, 1.165) is 6.42 Å². The molecule has 0 spiro atoms. The maximum Gasteiger partial charge on any atom is -0.0533 e. The van der Waals surface area contributed by atoms with Gasteiger partial charge in [-0.25, -0.2) is 0 Å². The topological polar surface area (TPSA) is 0 Å². The predicted molar refractivity (Wildman–Crippen MR) is 27.5 cm³/mol. The summed E-state index contributed by atoms with van der Waals surface area (Å²) in [5.74, 6) is 0. The van der Waals surface area contributed by atoms with Gasteiger partial charge in [0.1, 0.15) is 0 Å². The minimum atomic E-state index is 0. The van der Waals surface area contributed by atoms with Crippen molar-refractivity contribution in [3.63, 3.8) is 0 Å². The van der Waals surface area contributed by atoms with E-state index in [9.17, 15) is 0 Å². The van der Waals surface area contributed by atoms with Crippen LogP contribution in [0.2, 0.25) is 0 Å². The summed E-state index contributed by atoms with van der Waals surface area (Å²) < 4.78 is 0. The van der Waals surface area contributed by atoms with Gasteiger partial charge in [-0.2, -0.15) is 0 Å². The molecule has 0 rings (SSSR count). The highest BCUT2D eigenvalue weighted by molar-refractivity contribution is 5.85. The minimum absolute atomic E-state index is 0. The van der Waals surface area contributed by atoms with Gasteiger partial charge in [0.05, 0.1) is 0 Å². The molecule has 1 heteroatoms. The first-order valence-electron chi connectivity index (χ1n) is 1.71. The van der Waals surface area contributed by atoms with Crippen LogP contribution >= 0.6 is 12.4 Å². The smallest absolute Gasteiger partial charge is 0.0533 e. The lowest BCUT2D eigenvalue weighted by molar-refractivity contribution is 0.956. The Hall–Kier alpha value is 0.290. The molecule has 0 heterocycles. The van der Waals surface area contributed by atoms with Gasteiger partial charge in [0.2, 0.25) is 0 Å². The molecule has 0 aromatic carbocycles. The molecule has 0 aliphatic rings. The highest BCUT2D eigenvalue weighted by atomic mass is 35.5. The fourth-order valence-corrected chi connectivity index (χ4v) is 0. The van der Waals surface area contributed by atoms with E-state index in [1.165, 1.54) is 6.42 Å². The van der Waals surface area contributed by atoms with Crippen LogP contribution in [0.25, 0.3) is 0 Å². The van der Waals surface area contributed by atoms with Crippen molar-refractivity contribution in [2.75, 3.05) is 0 Å². The molecule has 0 fully saturated rings. The molecular weight excluding hydrogens is 83.5 g/mol. The Labute approximate surface area is 40.0 Å². The van der Waals surface area contributed by atoms with E-state index in [4.69, 9.17) is 0 Å². The zero-order valence-electron chi connectivity index (χ0n) is 3.53. The Morgan fingerprint density at radius 1 is 1.60 bits per heavy atom. The number of halogens is 1. The summed E-state index contributed by atoms with van der Waals surface area (Å²) in [6, 6.07) is 0. The number of hydrogen-bond acceptors (Lipinski definition) is 0. The number of unbranched alkanes of at least 4 members (excludes halogenated alkanes) is 1. The van der Waals surface area contributed by atoms with Crippen molar-refractivity contribution in [3.05, 3.63) is 6.92 Å². The van der Waals surface area contributed by atoms with E-state index in [2.05, 4.69) is 13.8 Å². The minimum Gasteiger partial charge on any atom is -0.147 e. The summed E-state index contributed by atoms with van der Waals surface area (Å²) in [4.78, 5) is 0. The van der Waals surface area contributed by atoms with E-state index in [-0.39, 0.29) is 12.4 Å². The van der Waals surface area contributed by atoms with E-state index in [0.29, 0.717) is 0 Å². The molecule has 0 amide bonds. The molecule has 0 saturated heterocycles. The van der Waals surface area contributed by atoms with Crippen LogP contribution in [0.15, 0.2) is 0 Å². The Morgan fingerprint density at radius 3 is 1.80 bits per heavy atom. The van der Waals surface area contributed by atoms with Crippen LogP contribution in [0, 0.1) is 6.92 Å². The molecular formula is C4H10Cl. The second-order valence-electron chi connectivity index (χ2n) is 0.854. The molecule has 5 heavy (non-hydrogen) atoms. The molecule has 0 bridgehead atoms. The summed E-state index contributed by atoms with van der Waals surface area (Å²) in [5, 5.41) is 0. The Kier molecular flexibility index (Phi) is 15.9. The Bertz CT molecular complexity index is 5.61. The zero-order chi connectivity index (χ0) is 3.41. The molecule has 0 saturated carbocycles. The van der Waals surface area contributed by atoms with Gasteiger partial charge in [0.25, 0.3) is 0 Å². The zero-order valence-corrected chi connectivity index (χ0v) is 4.35. The molecule has 0 unspecified atom stereocenters. The maximum atomic E-state index is 3.60. The van der Waals surface area contributed by atoms with Crippen molar-refractivity contribution in [2.24, 2.45) is 0 Å². The van der Waals surface area contributed by atoms with Crippen LogP contribution in [0.3, 0.4) is 0 Å². The predicted octanol–water partition coefficient (Wildman–Crippen LogP) is 2.04. The Morgan fingerprint density at radius 2 is 1.80 bits per heavy atom. The lowest BCUT2D eigenvalue weighted by Crippen LogP contribution is -1.48. The van der Waals surface area contributed by atoms with Gasteiger partial charge in [-0.3, -0.25) is 0 Å². The molecule has 33 valence electrons. The maximum absolute atomic E-state index is 3.60. The molecule has 0 aliphatic heterocycles. The van der Waals surface area contributed by atoms with Gasteiger partial charge < -0.3 is 0 Å². The third-order valence-corrected chi connectivity index (χ3v) is 0.354. The summed E-state index contributed by atoms with van der Waals surface area (Å²) in [6.45, 7) is 5.72. The summed E-state index contributed by atoms with van der Waals surface area (Å²) in [7, 11) is 0. The van der Waals surface area contributed by atoms with Crippen LogP contribution in [0.1, 0.15) is 19.8 Å². The molecule has 0 N–H and O–H groups in total. The summed E-state index contributed by atoms with van der Waals surface area (Å²) >= 11 is 0. The van der Waals surface area contributed by atoms with Crippen molar-refractivity contribution in [2.45, 2.75) is 19.8 Å². The number of rotatable bonds is 1. The highest BCUT2D eigenvalue weighted by Gasteiger charge is 1.56. The molecule has 0 aliphatic carbocycles. The normalized spacial score (nSPS) is 6.00. The van der Waals surface area contributed by atoms with Crippen LogP contribution < -0.4 is 0 Å². The second kappa shape index (κ2) is 8.85. The third kappa shape index (κ3) is 13.5. The third-order valence-electron chi connectivity index (χ3n) is 0.354. The van der Waals surface area contributed by atoms with E-state index >= 15 is 0 Å². The van der Waals surface area contributed by atoms with Crippen molar-refractivity contribution in [1.29, 1.82) is 0 Å². The average molecular weight is 93.6 g/mol. The van der Waals surface area contributed by atoms with Crippen molar-refractivity contribution < 1.29 is 0 Å². The van der Waals surface area contributed by atoms with Gasteiger partial charge in [-0.05, 0) is 0 Å².